The minimum atomic E-state index is 0.399. The monoisotopic (exact) mass is 154 g/mol. The first-order valence-corrected chi connectivity index (χ1v) is 4.45. The molecule has 2 atom stereocenters. The molecule has 1 rings (SSSR count). The lowest BCUT2D eigenvalue weighted by Crippen LogP contribution is -2.22. The number of ether oxygens (including phenoxy) is 1. The molecule has 11 heavy (non-hydrogen) atoms. The zero-order valence-corrected chi connectivity index (χ0v) is 7.76. The van der Waals surface area contributed by atoms with E-state index in [2.05, 4.69) is 26.8 Å². The molecule has 1 heteroatoms. The van der Waals surface area contributed by atoms with Gasteiger partial charge in [-0.3, -0.25) is 0 Å². The molecule has 64 valence electrons. The first-order valence-electron chi connectivity index (χ1n) is 4.45. The number of rotatable bonds is 1. The fraction of sp³-hybridized carbons (Fsp3) is 0.800. The van der Waals surface area contributed by atoms with Gasteiger partial charge >= 0.3 is 0 Å². The average Bonchev–Trinajstić information content (AvgIpc) is 1.93. The molecule has 0 saturated carbocycles. The maximum absolute atomic E-state index is 5.62. The van der Waals surface area contributed by atoms with Crippen LogP contribution in [0.1, 0.15) is 33.6 Å². The summed E-state index contributed by atoms with van der Waals surface area (Å²) in [5.74, 6) is 0.761. The summed E-state index contributed by atoms with van der Waals surface area (Å²) in [4.78, 5) is 0. The lowest BCUT2D eigenvalue weighted by Gasteiger charge is -2.24. The minimum absolute atomic E-state index is 0.399. The molecule has 0 aromatic heterocycles. The molecule has 0 bridgehead atoms. The lowest BCUT2D eigenvalue weighted by atomic mass is 9.99. The van der Waals surface area contributed by atoms with Crippen molar-refractivity contribution in [2.45, 2.75) is 39.7 Å². The molecule has 0 spiro atoms. The maximum atomic E-state index is 5.62. The third kappa shape index (κ3) is 3.06. The summed E-state index contributed by atoms with van der Waals surface area (Å²) in [5, 5.41) is 0. The minimum Gasteiger partial charge on any atom is -0.374 e. The van der Waals surface area contributed by atoms with E-state index in [-0.39, 0.29) is 0 Å². The molecule has 0 aromatic carbocycles. The molecular formula is C10H18O. The Balaban J connectivity index is 2.34. The average molecular weight is 154 g/mol. The first kappa shape index (κ1) is 8.79. The van der Waals surface area contributed by atoms with Gasteiger partial charge in [0.2, 0.25) is 0 Å². The highest BCUT2D eigenvalue weighted by atomic mass is 16.5. The Morgan fingerprint density at radius 1 is 1.36 bits per heavy atom. The van der Waals surface area contributed by atoms with Crippen LogP contribution in [-0.4, -0.2) is 12.7 Å². The summed E-state index contributed by atoms with van der Waals surface area (Å²) in [6.45, 7) is 7.44. The van der Waals surface area contributed by atoms with Crippen molar-refractivity contribution in [2.75, 3.05) is 6.61 Å². The van der Waals surface area contributed by atoms with E-state index in [9.17, 15) is 0 Å². The van der Waals surface area contributed by atoms with Crippen molar-refractivity contribution in [3.63, 3.8) is 0 Å². The van der Waals surface area contributed by atoms with Gasteiger partial charge in [0.05, 0.1) is 6.10 Å². The molecule has 0 aromatic rings. The van der Waals surface area contributed by atoms with Crippen molar-refractivity contribution in [3.8, 4) is 0 Å². The normalized spacial score (nSPS) is 31.5. The van der Waals surface area contributed by atoms with E-state index in [4.69, 9.17) is 4.74 Å². The van der Waals surface area contributed by atoms with Crippen LogP contribution in [0.3, 0.4) is 0 Å². The molecule has 1 aliphatic rings. The van der Waals surface area contributed by atoms with Crippen LogP contribution in [-0.2, 0) is 4.74 Å². The van der Waals surface area contributed by atoms with Crippen molar-refractivity contribution in [1.29, 1.82) is 0 Å². The highest BCUT2D eigenvalue weighted by Gasteiger charge is 2.15. The smallest absolute Gasteiger partial charge is 0.0758 e. The highest BCUT2D eigenvalue weighted by molar-refractivity contribution is 4.99. The van der Waals surface area contributed by atoms with Gasteiger partial charge in [0.15, 0.2) is 0 Å². The van der Waals surface area contributed by atoms with Gasteiger partial charge in [-0.2, -0.15) is 0 Å². The van der Waals surface area contributed by atoms with Crippen molar-refractivity contribution in [3.05, 3.63) is 11.6 Å². The number of allylic oxidation sites excluding steroid dienone is 1. The molecule has 0 amide bonds. The van der Waals surface area contributed by atoms with E-state index in [1.807, 2.05) is 0 Å². The van der Waals surface area contributed by atoms with Gasteiger partial charge in [-0.15, -0.1) is 0 Å². The highest BCUT2D eigenvalue weighted by Crippen LogP contribution is 2.19. The maximum Gasteiger partial charge on any atom is 0.0758 e. The zero-order valence-electron chi connectivity index (χ0n) is 7.76. The summed E-state index contributed by atoms with van der Waals surface area (Å²) >= 11 is 0. The summed E-state index contributed by atoms with van der Waals surface area (Å²) in [6.07, 6.45) is 5.14. The Hall–Kier alpha value is -0.300. The molecule has 0 aliphatic carbocycles. The van der Waals surface area contributed by atoms with Crippen molar-refractivity contribution < 1.29 is 4.74 Å². The Morgan fingerprint density at radius 2 is 2.09 bits per heavy atom. The van der Waals surface area contributed by atoms with E-state index in [0.29, 0.717) is 6.10 Å². The van der Waals surface area contributed by atoms with Crippen LogP contribution in [0.2, 0.25) is 0 Å². The molecule has 1 heterocycles. The van der Waals surface area contributed by atoms with Gasteiger partial charge in [0, 0.05) is 6.61 Å². The lowest BCUT2D eigenvalue weighted by molar-refractivity contribution is 0.0161. The van der Waals surface area contributed by atoms with Gasteiger partial charge in [0.25, 0.3) is 0 Å². The van der Waals surface area contributed by atoms with Gasteiger partial charge in [-0.1, -0.05) is 18.6 Å². The Labute approximate surface area is 69.4 Å². The molecular weight excluding hydrogens is 136 g/mol. The molecule has 1 saturated heterocycles. The number of hydrogen-bond donors (Lipinski definition) is 0. The molecule has 0 radical (unpaired) electrons. The van der Waals surface area contributed by atoms with E-state index >= 15 is 0 Å². The summed E-state index contributed by atoms with van der Waals surface area (Å²) in [6, 6.07) is 0. The zero-order chi connectivity index (χ0) is 8.27. The first-order chi connectivity index (χ1) is 5.18. The summed E-state index contributed by atoms with van der Waals surface area (Å²) < 4.78 is 5.62. The van der Waals surface area contributed by atoms with Gasteiger partial charge in [0.1, 0.15) is 0 Å². The van der Waals surface area contributed by atoms with E-state index < -0.39 is 0 Å². The van der Waals surface area contributed by atoms with E-state index in [1.54, 1.807) is 0 Å². The second kappa shape index (κ2) is 3.91. The van der Waals surface area contributed by atoms with Crippen LogP contribution >= 0.6 is 0 Å². The van der Waals surface area contributed by atoms with Crippen molar-refractivity contribution >= 4 is 0 Å². The van der Waals surface area contributed by atoms with Crippen LogP contribution in [0, 0.1) is 5.92 Å². The SMILES string of the molecule is CC(C)=C[C@@H]1CC[C@H](C)CO1. The topological polar surface area (TPSA) is 9.23 Å². The van der Waals surface area contributed by atoms with E-state index in [0.717, 1.165) is 12.5 Å². The predicted molar refractivity (Wildman–Crippen MR) is 47.6 cm³/mol. The standard InChI is InChI=1S/C10H18O/c1-8(2)6-10-5-4-9(3)7-11-10/h6,9-10H,4-5,7H2,1-3H3/t9-,10-/m0/s1. The fourth-order valence-electron chi connectivity index (χ4n) is 1.41. The largest absolute Gasteiger partial charge is 0.374 e. The molecule has 0 N–H and O–H groups in total. The molecule has 1 fully saturated rings. The second-order valence-electron chi connectivity index (χ2n) is 3.80. The Kier molecular flexibility index (Phi) is 3.13. The van der Waals surface area contributed by atoms with Crippen molar-refractivity contribution in [1.82, 2.24) is 0 Å². The van der Waals surface area contributed by atoms with E-state index in [1.165, 1.54) is 18.4 Å². The quantitative estimate of drug-likeness (QED) is 0.528. The second-order valence-corrected chi connectivity index (χ2v) is 3.80. The molecule has 1 nitrogen and oxygen atoms in total. The summed E-state index contributed by atoms with van der Waals surface area (Å²) in [7, 11) is 0. The van der Waals surface area contributed by atoms with Crippen LogP contribution in [0.5, 0.6) is 0 Å². The Morgan fingerprint density at radius 3 is 2.55 bits per heavy atom. The fourth-order valence-corrected chi connectivity index (χ4v) is 1.41. The van der Waals surface area contributed by atoms with Gasteiger partial charge < -0.3 is 4.74 Å². The van der Waals surface area contributed by atoms with Crippen LogP contribution in [0.15, 0.2) is 11.6 Å². The molecule has 0 unspecified atom stereocenters. The third-order valence-electron chi connectivity index (χ3n) is 2.06. The van der Waals surface area contributed by atoms with Crippen molar-refractivity contribution in [2.24, 2.45) is 5.92 Å². The molecule has 1 aliphatic heterocycles. The van der Waals surface area contributed by atoms with Gasteiger partial charge in [-0.05, 0) is 32.6 Å². The van der Waals surface area contributed by atoms with Crippen LogP contribution < -0.4 is 0 Å². The number of hydrogen-bond acceptors (Lipinski definition) is 1. The third-order valence-corrected chi connectivity index (χ3v) is 2.06. The van der Waals surface area contributed by atoms with Crippen LogP contribution in [0.25, 0.3) is 0 Å². The van der Waals surface area contributed by atoms with Gasteiger partial charge in [-0.25, -0.2) is 0 Å². The Bertz CT molecular complexity index is 137. The van der Waals surface area contributed by atoms with Crippen LogP contribution in [0.4, 0.5) is 0 Å². The predicted octanol–water partition coefficient (Wildman–Crippen LogP) is 2.77. The summed E-state index contributed by atoms with van der Waals surface area (Å²) in [5.41, 5.74) is 1.37.